The maximum Gasteiger partial charge on any atom is 0.00619 e. The molecule has 0 spiro atoms. The van der Waals surface area contributed by atoms with Crippen LogP contribution in [0.5, 0.6) is 0 Å². The van der Waals surface area contributed by atoms with E-state index < -0.39 is 0 Å². The van der Waals surface area contributed by atoms with E-state index >= 15 is 0 Å². The third-order valence-corrected chi connectivity index (χ3v) is 7.68. The molecule has 0 bridgehead atoms. The molecule has 2 aliphatic rings. The van der Waals surface area contributed by atoms with E-state index in [1.54, 1.807) is 11.1 Å². The Balaban J connectivity index is 1.55. The van der Waals surface area contributed by atoms with Crippen molar-refractivity contribution >= 4 is 0 Å². The molecule has 1 aliphatic heterocycles. The third-order valence-electron chi connectivity index (χ3n) is 7.68. The molecule has 2 heteroatoms. The number of nitrogens with one attached hydrogen (secondary N) is 1. The maximum atomic E-state index is 3.75. The van der Waals surface area contributed by atoms with Crippen LogP contribution in [-0.2, 0) is 11.8 Å². The molecular weight excluding hydrogens is 340 g/mol. The summed E-state index contributed by atoms with van der Waals surface area (Å²) < 4.78 is 0. The number of hydrogen-bond acceptors (Lipinski definition) is 2. The fraction of sp³-hybridized carbons (Fsp3) is 0.769. The van der Waals surface area contributed by atoms with Gasteiger partial charge in [-0.3, -0.25) is 0 Å². The van der Waals surface area contributed by atoms with Crippen molar-refractivity contribution in [2.24, 2.45) is 5.92 Å². The summed E-state index contributed by atoms with van der Waals surface area (Å²) in [4.78, 5) is 2.77. The Morgan fingerprint density at radius 1 is 1.04 bits per heavy atom. The maximum absolute atomic E-state index is 3.75. The lowest BCUT2D eigenvalue weighted by Gasteiger charge is -2.42. The monoisotopic (exact) mass is 384 g/mol. The van der Waals surface area contributed by atoms with Crippen LogP contribution in [0.25, 0.3) is 0 Å². The van der Waals surface area contributed by atoms with Crippen LogP contribution >= 0.6 is 0 Å². The van der Waals surface area contributed by atoms with Gasteiger partial charge < -0.3 is 10.2 Å². The summed E-state index contributed by atoms with van der Waals surface area (Å²) in [5, 5.41) is 3.75. The van der Waals surface area contributed by atoms with Crippen LogP contribution in [0.3, 0.4) is 0 Å². The molecule has 0 amide bonds. The molecule has 1 heterocycles. The molecule has 1 saturated heterocycles. The van der Waals surface area contributed by atoms with Gasteiger partial charge in [0, 0.05) is 12.6 Å². The van der Waals surface area contributed by atoms with Crippen molar-refractivity contribution in [3.63, 3.8) is 0 Å². The highest BCUT2D eigenvalue weighted by molar-refractivity contribution is 5.34. The molecule has 28 heavy (non-hydrogen) atoms. The molecule has 1 aromatic rings. The minimum Gasteiger partial charge on any atom is -0.314 e. The predicted molar refractivity (Wildman–Crippen MR) is 122 cm³/mol. The van der Waals surface area contributed by atoms with Crippen LogP contribution in [0.4, 0.5) is 0 Å². The Morgan fingerprint density at radius 2 is 1.71 bits per heavy atom. The van der Waals surface area contributed by atoms with Gasteiger partial charge in [-0.05, 0) is 87.0 Å². The van der Waals surface area contributed by atoms with Crippen molar-refractivity contribution in [2.75, 3.05) is 26.2 Å². The van der Waals surface area contributed by atoms with E-state index in [0.29, 0.717) is 11.5 Å². The first-order chi connectivity index (χ1) is 13.6. The highest BCUT2D eigenvalue weighted by atomic mass is 15.1. The first-order valence-corrected chi connectivity index (χ1v) is 12.2. The van der Waals surface area contributed by atoms with Crippen molar-refractivity contribution in [3.05, 3.63) is 35.4 Å². The quantitative estimate of drug-likeness (QED) is 0.566. The molecule has 1 saturated carbocycles. The van der Waals surface area contributed by atoms with E-state index in [0.717, 1.165) is 18.9 Å². The Labute approximate surface area is 174 Å². The van der Waals surface area contributed by atoms with E-state index in [1.807, 2.05) is 0 Å². The number of likely N-dealkylation sites (tertiary alicyclic amines) is 1. The fourth-order valence-corrected chi connectivity index (χ4v) is 5.55. The molecule has 0 radical (unpaired) electrons. The Kier molecular flexibility index (Phi) is 8.41. The van der Waals surface area contributed by atoms with Crippen molar-refractivity contribution < 1.29 is 0 Å². The number of rotatable bonds is 9. The third kappa shape index (κ3) is 5.83. The molecule has 2 fully saturated rings. The summed E-state index contributed by atoms with van der Waals surface area (Å²) in [6, 6.07) is 9.96. The summed E-state index contributed by atoms with van der Waals surface area (Å²) in [6.45, 7) is 12.1. The van der Waals surface area contributed by atoms with Crippen molar-refractivity contribution in [1.29, 1.82) is 0 Å². The van der Waals surface area contributed by atoms with E-state index in [4.69, 9.17) is 0 Å². The summed E-state index contributed by atoms with van der Waals surface area (Å²) in [7, 11) is 0. The lowest BCUT2D eigenvalue weighted by atomic mass is 9.72. The van der Waals surface area contributed by atoms with E-state index in [9.17, 15) is 0 Å². The summed E-state index contributed by atoms with van der Waals surface area (Å²) in [5.41, 5.74) is 3.55. The van der Waals surface area contributed by atoms with E-state index in [-0.39, 0.29) is 0 Å². The number of piperidine rings is 1. The molecular formula is C26H44N2. The number of benzene rings is 1. The van der Waals surface area contributed by atoms with Gasteiger partial charge in [0.15, 0.2) is 0 Å². The molecule has 1 N–H and O–H groups in total. The van der Waals surface area contributed by atoms with Crippen molar-refractivity contribution in [3.8, 4) is 0 Å². The minimum absolute atomic E-state index is 0.356. The van der Waals surface area contributed by atoms with Gasteiger partial charge in [0.2, 0.25) is 0 Å². The van der Waals surface area contributed by atoms with Gasteiger partial charge in [0.25, 0.3) is 0 Å². The van der Waals surface area contributed by atoms with Gasteiger partial charge in [0.05, 0.1) is 0 Å². The standard InChI is InChI=1S/C26H44N2/c1-4-24(5-2)27-18-15-23-13-9-10-14-25(23)26(3)16-19-28(20-17-26)21-22-11-7-6-8-12-22/h9-10,13-14,22,24,27H,4-8,11-12,15-21H2,1-3H3. The SMILES string of the molecule is CCC(CC)NCCc1ccccc1C1(C)CCN(CC2CCCCC2)CC1. The molecule has 0 unspecified atom stereocenters. The average molecular weight is 385 g/mol. The van der Waals surface area contributed by atoms with Gasteiger partial charge in [-0.25, -0.2) is 0 Å². The predicted octanol–water partition coefficient (Wildman–Crippen LogP) is 5.94. The van der Waals surface area contributed by atoms with Gasteiger partial charge in [0.1, 0.15) is 0 Å². The van der Waals surface area contributed by atoms with Crippen LogP contribution in [0, 0.1) is 5.92 Å². The first-order valence-electron chi connectivity index (χ1n) is 12.2. The summed E-state index contributed by atoms with van der Waals surface area (Å²) in [5.74, 6) is 0.974. The molecule has 158 valence electrons. The van der Waals surface area contributed by atoms with Crippen LogP contribution in [0.1, 0.15) is 89.7 Å². The Bertz CT molecular complexity index is 564. The summed E-state index contributed by atoms with van der Waals surface area (Å²) >= 11 is 0. The number of hydrogen-bond donors (Lipinski definition) is 1. The molecule has 1 aliphatic carbocycles. The lowest BCUT2D eigenvalue weighted by Crippen LogP contribution is -2.43. The largest absolute Gasteiger partial charge is 0.314 e. The summed E-state index contributed by atoms with van der Waals surface area (Å²) in [6.07, 6.45) is 13.6. The lowest BCUT2D eigenvalue weighted by molar-refractivity contribution is 0.134. The van der Waals surface area contributed by atoms with Gasteiger partial charge >= 0.3 is 0 Å². The molecule has 3 rings (SSSR count). The van der Waals surface area contributed by atoms with Crippen LogP contribution in [0.2, 0.25) is 0 Å². The average Bonchev–Trinajstić information content (AvgIpc) is 2.74. The number of nitrogens with zero attached hydrogens (tertiary/aromatic N) is 1. The van der Waals surface area contributed by atoms with Gasteiger partial charge in [-0.2, -0.15) is 0 Å². The van der Waals surface area contributed by atoms with Gasteiger partial charge in [-0.1, -0.05) is 64.3 Å². The Morgan fingerprint density at radius 3 is 2.39 bits per heavy atom. The fourth-order valence-electron chi connectivity index (χ4n) is 5.55. The molecule has 1 aromatic carbocycles. The van der Waals surface area contributed by atoms with E-state index in [2.05, 4.69) is 55.3 Å². The van der Waals surface area contributed by atoms with Gasteiger partial charge in [-0.15, -0.1) is 0 Å². The van der Waals surface area contributed by atoms with Crippen LogP contribution < -0.4 is 5.32 Å². The molecule has 2 nitrogen and oxygen atoms in total. The second-order valence-corrected chi connectivity index (χ2v) is 9.74. The second-order valence-electron chi connectivity index (χ2n) is 9.74. The van der Waals surface area contributed by atoms with Crippen molar-refractivity contribution in [1.82, 2.24) is 10.2 Å². The zero-order valence-corrected chi connectivity index (χ0v) is 18.8. The first kappa shape index (κ1) is 21.8. The van der Waals surface area contributed by atoms with Crippen molar-refractivity contribution in [2.45, 2.75) is 96.4 Å². The van der Waals surface area contributed by atoms with Crippen LogP contribution in [0.15, 0.2) is 24.3 Å². The Hall–Kier alpha value is -0.860. The van der Waals surface area contributed by atoms with Crippen LogP contribution in [-0.4, -0.2) is 37.1 Å². The zero-order valence-electron chi connectivity index (χ0n) is 18.8. The normalized spacial score (nSPS) is 21.3. The molecule has 0 aromatic heterocycles. The topological polar surface area (TPSA) is 15.3 Å². The minimum atomic E-state index is 0.356. The zero-order chi connectivity index (χ0) is 19.8. The highest BCUT2D eigenvalue weighted by Gasteiger charge is 2.33. The second kappa shape index (κ2) is 10.8. The van der Waals surface area contributed by atoms with E-state index in [1.165, 1.54) is 77.4 Å². The smallest absolute Gasteiger partial charge is 0.00619 e. The highest BCUT2D eigenvalue weighted by Crippen LogP contribution is 2.37. The molecule has 0 atom stereocenters.